The number of rotatable bonds is 6. The molecule has 4 N–H and O–H groups in total. The maximum Gasteiger partial charge on any atom is 0.405 e. The quantitative estimate of drug-likeness (QED) is 0.504. The molecule has 3 atom stereocenters. The van der Waals surface area contributed by atoms with Gasteiger partial charge in [0.05, 0.1) is 5.60 Å². The second kappa shape index (κ2) is 8.47. The number of hydrogen-bond donors (Lipinski definition) is 4. The highest BCUT2D eigenvalue weighted by atomic mass is 35.5. The molecule has 1 aliphatic heterocycles. The maximum absolute atomic E-state index is 13.4. The van der Waals surface area contributed by atoms with Crippen molar-refractivity contribution in [3.8, 4) is 0 Å². The number of likely N-dealkylation sites (tertiary alicyclic amines) is 1. The predicted octanol–water partition coefficient (Wildman–Crippen LogP) is 2.88. The number of carbonyl (C=O) groups is 3. The Labute approximate surface area is 197 Å². The van der Waals surface area contributed by atoms with Crippen LogP contribution in [-0.2, 0) is 16.0 Å². The summed E-state index contributed by atoms with van der Waals surface area (Å²) in [5.74, 6) is 1.07. The summed E-state index contributed by atoms with van der Waals surface area (Å²) in [6, 6.07) is 5.43. The summed E-state index contributed by atoms with van der Waals surface area (Å²) in [7, 11) is 0. The number of hydrogen-bond acceptors (Lipinski definition) is 4. The van der Waals surface area contributed by atoms with Crippen molar-refractivity contribution < 1.29 is 24.6 Å². The van der Waals surface area contributed by atoms with Gasteiger partial charge in [-0.05, 0) is 80.4 Å². The Morgan fingerprint density at radius 1 is 1.18 bits per heavy atom. The predicted molar refractivity (Wildman–Crippen MR) is 122 cm³/mol. The van der Waals surface area contributed by atoms with Crippen LogP contribution in [-0.4, -0.2) is 57.8 Å². The van der Waals surface area contributed by atoms with Crippen LogP contribution in [0.1, 0.15) is 44.1 Å². The summed E-state index contributed by atoms with van der Waals surface area (Å²) in [5.41, 5.74) is 0.841. The van der Waals surface area contributed by atoms with Gasteiger partial charge in [0.15, 0.2) is 0 Å². The Hall–Kier alpha value is -2.32. The van der Waals surface area contributed by atoms with Crippen molar-refractivity contribution >= 4 is 35.2 Å². The molecule has 5 fully saturated rings. The van der Waals surface area contributed by atoms with Gasteiger partial charge in [0, 0.05) is 29.2 Å². The first-order valence-corrected chi connectivity index (χ1v) is 12.2. The molecule has 0 aromatic heterocycles. The molecule has 9 heteroatoms. The van der Waals surface area contributed by atoms with Gasteiger partial charge in [0.2, 0.25) is 11.8 Å². The number of benzene rings is 1. The average Bonchev–Trinajstić information content (AvgIpc) is 3.07. The Balaban J connectivity index is 1.21. The first-order chi connectivity index (χ1) is 15.7. The van der Waals surface area contributed by atoms with Crippen LogP contribution in [0, 0.1) is 23.7 Å². The van der Waals surface area contributed by atoms with Crippen molar-refractivity contribution in [3.63, 3.8) is 0 Å². The molecule has 4 aliphatic carbocycles. The van der Waals surface area contributed by atoms with Crippen LogP contribution in [0.15, 0.2) is 18.2 Å². The molecule has 33 heavy (non-hydrogen) atoms. The summed E-state index contributed by atoms with van der Waals surface area (Å²) in [6.07, 6.45) is 4.97. The second-order valence-electron chi connectivity index (χ2n) is 10.4. The van der Waals surface area contributed by atoms with Crippen molar-refractivity contribution in [1.29, 1.82) is 0 Å². The number of carbonyl (C=O) groups excluding carboxylic acids is 2. The van der Waals surface area contributed by atoms with Gasteiger partial charge in [-0.15, -0.1) is 0 Å². The highest BCUT2D eigenvalue weighted by Crippen LogP contribution is 2.57. The third-order valence-corrected chi connectivity index (χ3v) is 8.46. The number of halogens is 1. The van der Waals surface area contributed by atoms with Crippen molar-refractivity contribution in [1.82, 2.24) is 10.2 Å². The standard InChI is InChI=1S/C24H30ClN3O5/c25-19-8-18(27-20(29)12-26-23(31)32)2-1-14(19)7-15-3-4-28(22(15)30)21-16-5-13-6-17(21)11-24(33,9-13)10-16/h1-2,8,13,15-17,21,26,33H,3-7,9-12H2,(H,27,29)(H,31,32). The van der Waals surface area contributed by atoms with Gasteiger partial charge < -0.3 is 25.7 Å². The van der Waals surface area contributed by atoms with Gasteiger partial charge >= 0.3 is 6.09 Å². The number of nitrogens with one attached hydrogen (secondary N) is 2. The number of anilines is 1. The smallest absolute Gasteiger partial charge is 0.405 e. The van der Waals surface area contributed by atoms with E-state index in [2.05, 4.69) is 10.2 Å². The fraction of sp³-hybridized carbons (Fsp3) is 0.625. The second-order valence-corrected chi connectivity index (χ2v) is 10.8. The highest BCUT2D eigenvalue weighted by molar-refractivity contribution is 6.31. The number of amides is 3. The lowest BCUT2D eigenvalue weighted by Gasteiger charge is -2.59. The van der Waals surface area contributed by atoms with Crippen molar-refractivity contribution in [3.05, 3.63) is 28.8 Å². The van der Waals surface area contributed by atoms with E-state index in [1.807, 2.05) is 11.4 Å². The van der Waals surface area contributed by atoms with Gasteiger partial charge in [-0.25, -0.2) is 4.79 Å². The van der Waals surface area contributed by atoms with E-state index in [-0.39, 0.29) is 24.4 Å². The molecule has 1 saturated heterocycles. The van der Waals surface area contributed by atoms with Gasteiger partial charge in [-0.1, -0.05) is 17.7 Å². The molecule has 1 aromatic carbocycles. The summed E-state index contributed by atoms with van der Waals surface area (Å²) < 4.78 is 0. The van der Waals surface area contributed by atoms with E-state index in [1.165, 1.54) is 0 Å². The Kier molecular flexibility index (Phi) is 5.77. The minimum Gasteiger partial charge on any atom is -0.465 e. The topological polar surface area (TPSA) is 119 Å². The third kappa shape index (κ3) is 4.43. The first kappa shape index (κ1) is 22.5. The molecule has 1 heterocycles. The van der Waals surface area contributed by atoms with Crippen molar-refractivity contribution in [2.45, 2.75) is 56.6 Å². The Morgan fingerprint density at radius 2 is 1.91 bits per heavy atom. The van der Waals surface area contributed by atoms with Crippen LogP contribution in [0.3, 0.4) is 0 Å². The minimum absolute atomic E-state index is 0.108. The third-order valence-electron chi connectivity index (χ3n) is 8.11. The molecule has 178 valence electrons. The molecule has 4 saturated carbocycles. The molecule has 8 nitrogen and oxygen atoms in total. The average molecular weight is 476 g/mol. The molecule has 6 rings (SSSR count). The van der Waals surface area contributed by atoms with Crippen LogP contribution in [0.4, 0.5) is 10.5 Å². The lowest BCUT2D eigenvalue weighted by Crippen LogP contribution is -2.62. The highest BCUT2D eigenvalue weighted by Gasteiger charge is 2.57. The minimum atomic E-state index is -1.27. The SMILES string of the molecule is O=C(O)NCC(=O)Nc1ccc(CC2CCN(C3C4CC5CC3CC(O)(C5)C4)C2=O)c(Cl)c1. The molecule has 3 unspecified atom stereocenters. The van der Waals surface area contributed by atoms with Gasteiger partial charge in [0.25, 0.3) is 0 Å². The van der Waals surface area contributed by atoms with Gasteiger partial charge in [0.1, 0.15) is 6.54 Å². The fourth-order valence-corrected chi connectivity index (χ4v) is 7.39. The molecule has 1 aromatic rings. The molecular weight excluding hydrogens is 446 g/mol. The summed E-state index contributed by atoms with van der Waals surface area (Å²) in [6.45, 7) is 0.426. The van der Waals surface area contributed by atoms with Crippen LogP contribution in [0.5, 0.6) is 0 Å². The van der Waals surface area contributed by atoms with Gasteiger partial charge in [-0.3, -0.25) is 9.59 Å². The monoisotopic (exact) mass is 475 g/mol. The maximum atomic E-state index is 13.4. The van der Waals surface area contributed by atoms with Crippen LogP contribution >= 0.6 is 11.6 Å². The van der Waals surface area contributed by atoms with E-state index < -0.39 is 17.6 Å². The van der Waals surface area contributed by atoms with E-state index in [0.29, 0.717) is 34.9 Å². The van der Waals surface area contributed by atoms with Gasteiger partial charge in [-0.2, -0.15) is 0 Å². The van der Waals surface area contributed by atoms with E-state index >= 15 is 0 Å². The normalized spacial score (nSPS) is 34.5. The molecule has 5 aliphatic rings. The molecule has 3 amide bonds. The number of aliphatic hydroxyl groups is 1. The first-order valence-electron chi connectivity index (χ1n) is 11.8. The van der Waals surface area contributed by atoms with E-state index in [4.69, 9.17) is 16.7 Å². The lowest BCUT2D eigenvalue weighted by atomic mass is 9.52. The van der Waals surface area contributed by atoms with E-state index in [1.54, 1.807) is 12.1 Å². The van der Waals surface area contributed by atoms with Crippen molar-refractivity contribution in [2.75, 3.05) is 18.4 Å². The number of carboxylic acid groups (broad SMARTS) is 1. The summed E-state index contributed by atoms with van der Waals surface area (Å²) in [4.78, 5) is 37.8. The van der Waals surface area contributed by atoms with Crippen LogP contribution in [0.25, 0.3) is 0 Å². The van der Waals surface area contributed by atoms with Crippen LogP contribution in [0.2, 0.25) is 5.02 Å². The Bertz CT molecular complexity index is 969. The number of nitrogens with zero attached hydrogens (tertiary/aromatic N) is 1. The zero-order chi connectivity index (χ0) is 23.3. The zero-order valence-electron chi connectivity index (χ0n) is 18.4. The lowest BCUT2D eigenvalue weighted by molar-refractivity contribution is -0.168. The molecule has 0 spiro atoms. The zero-order valence-corrected chi connectivity index (χ0v) is 19.2. The molecular formula is C24H30ClN3O5. The van der Waals surface area contributed by atoms with Crippen LogP contribution < -0.4 is 10.6 Å². The van der Waals surface area contributed by atoms with E-state index in [0.717, 1.165) is 50.6 Å². The molecule has 4 bridgehead atoms. The van der Waals surface area contributed by atoms with E-state index in [9.17, 15) is 19.5 Å². The summed E-state index contributed by atoms with van der Waals surface area (Å²) >= 11 is 6.45. The van der Waals surface area contributed by atoms with Crippen molar-refractivity contribution in [2.24, 2.45) is 23.7 Å². The largest absolute Gasteiger partial charge is 0.465 e. The Morgan fingerprint density at radius 3 is 2.55 bits per heavy atom. The summed E-state index contributed by atoms with van der Waals surface area (Å²) in [5, 5.41) is 24.5. The molecule has 0 radical (unpaired) electrons. The fourth-order valence-electron chi connectivity index (χ4n) is 7.13.